The molecule has 2 aromatic heterocycles. The molecule has 0 aliphatic heterocycles. The van der Waals surface area contributed by atoms with Crippen LogP contribution in [0.4, 0.5) is 5.69 Å². The molecule has 0 amide bonds. The Bertz CT molecular complexity index is 567. The Hall–Kier alpha value is -1.95. The summed E-state index contributed by atoms with van der Waals surface area (Å²) >= 11 is 5.77. The highest BCUT2D eigenvalue weighted by atomic mass is 35.5. The fraction of sp³-hybridized carbons (Fsp3) is 0.200. The number of aryl methyl sites for hydroxylation is 1. The number of nitro groups is 1. The molecule has 0 aromatic carbocycles. The van der Waals surface area contributed by atoms with Crippen molar-refractivity contribution in [3.63, 3.8) is 0 Å². The van der Waals surface area contributed by atoms with Crippen LogP contribution in [0, 0.1) is 10.1 Å². The number of hydrogen-bond donors (Lipinski definition) is 0. The van der Waals surface area contributed by atoms with Gasteiger partial charge in [-0.1, -0.05) is 18.5 Å². The van der Waals surface area contributed by atoms with Crippen molar-refractivity contribution in [3.8, 4) is 5.82 Å². The highest BCUT2D eigenvalue weighted by Crippen LogP contribution is 2.23. The monoisotopic (exact) mass is 252 g/mol. The Balaban J connectivity index is 2.65. The smallest absolute Gasteiger partial charge is 0.282 e. The van der Waals surface area contributed by atoms with Crippen LogP contribution in [0.25, 0.3) is 5.82 Å². The van der Waals surface area contributed by atoms with Gasteiger partial charge in [0.2, 0.25) is 5.82 Å². The highest BCUT2D eigenvalue weighted by Gasteiger charge is 2.19. The van der Waals surface area contributed by atoms with E-state index in [-0.39, 0.29) is 16.7 Å². The number of aromatic nitrogens is 3. The van der Waals surface area contributed by atoms with E-state index in [0.717, 1.165) is 0 Å². The summed E-state index contributed by atoms with van der Waals surface area (Å²) in [6.07, 6.45) is 3.86. The van der Waals surface area contributed by atoms with Gasteiger partial charge in [0.1, 0.15) is 11.0 Å². The lowest BCUT2D eigenvalue weighted by atomic mass is 10.3. The van der Waals surface area contributed by atoms with Crippen molar-refractivity contribution in [3.05, 3.63) is 45.6 Å². The maximum Gasteiger partial charge on any atom is 0.312 e. The molecule has 0 bridgehead atoms. The van der Waals surface area contributed by atoms with E-state index in [1.165, 1.54) is 12.1 Å². The summed E-state index contributed by atoms with van der Waals surface area (Å²) in [6.45, 7) is 1.91. The van der Waals surface area contributed by atoms with Gasteiger partial charge < -0.3 is 0 Å². The van der Waals surface area contributed by atoms with Crippen LogP contribution in [0.3, 0.4) is 0 Å². The van der Waals surface area contributed by atoms with E-state index in [2.05, 4.69) is 9.97 Å². The van der Waals surface area contributed by atoms with Crippen molar-refractivity contribution in [1.29, 1.82) is 0 Å². The molecule has 0 spiro atoms. The molecular formula is C10H9ClN4O2. The van der Waals surface area contributed by atoms with E-state index in [1.54, 1.807) is 17.0 Å². The highest BCUT2D eigenvalue weighted by molar-refractivity contribution is 6.29. The van der Waals surface area contributed by atoms with Crippen molar-refractivity contribution < 1.29 is 4.92 Å². The summed E-state index contributed by atoms with van der Waals surface area (Å²) in [4.78, 5) is 18.5. The molecule has 0 saturated heterocycles. The second-order valence-electron chi connectivity index (χ2n) is 3.30. The van der Waals surface area contributed by atoms with Crippen LogP contribution in [-0.4, -0.2) is 19.5 Å². The molecule has 6 nitrogen and oxygen atoms in total. The Labute approximate surface area is 102 Å². The lowest BCUT2D eigenvalue weighted by Crippen LogP contribution is -2.05. The van der Waals surface area contributed by atoms with Gasteiger partial charge in [0, 0.05) is 24.9 Å². The number of halogens is 1. The van der Waals surface area contributed by atoms with E-state index in [9.17, 15) is 10.1 Å². The molecule has 0 radical (unpaired) electrons. The van der Waals surface area contributed by atoms with E-state index in [4.69, 9.17) is 11.6 Å². The van der Waals surface area contributed by atoms with Crippen LogP contribution in [-0.2, 0) is 6.42 Å². The van der Waals surface area contributed by atoms with Crippen LogP contribution in [0.5, 0.6) is 0 Å². The van der Waals surface area contributed by atoms with Gasteiger partial charge in [-0.25, -0.2) is 9.97 Å². The molecule has 0 aliphatic carbocycles. The zero-order chi connectivity index (χ0) is 12.4. The number of pyridine rings is 1. The molecule has 0 aliphatic rings. The van der Waals surface area contributed by atoms with Gasteiger partial charge in [-0.15, -0.1) is 0 Å². The maximum atomic E-state index is 10.9. The van der Waals surface area contributed by atoms with E-state index >= 15 is 0 Å². The third-order valence-corrected chi connectivity index (χ3v) is 2.49. The first-order chi connectivity index (χ1) is 8.13. The summed E-state index contributed by atoms with van der Waals surface area (Å²) in [5, 5.41) is 11.1. The van der Waals surface area contributed by atoms with Gasteiger partial charge in [0.15, 0.2) is 0 Å². The standard InChI is InChI=1S/C10H9ClN4O2/c1-2-9-12-5-6-14(9)10-7(15(16)17)3-4-8(11)13-10/h3-6H,2H2,1H3. The van der Waals surface area contributed by atoms with Crippen molar-refractivity contribution in [1.82, 2.24) is 14.5 Å². The molecule has 7 heteroatoms. The van der Waals surface area contributed by atoms with Crippen LogP contribution < -0.4 is 0 Å². The molecule has 0 unspecified atom stereocenters. The minimum atomic E-state index is -0.488. The average molecular weight is 253 g/mol. The number of rotatable bonds is 3. The number of hydrogen-bond acceptors (Lipinski definition) is 4. The lowest BCUT2D eigenvalue weighted by Gasteiger charge is -2.06. The molecule has 2 heterocycles. The first-order valence-corrected chi connectivity index (χ1v) is 5.34. The molecule has 2 aromatic rings. The van der Waals surface area contributed by atoms with Crippen LogP contribution in [0.1, 0.15) is 12.7 Å². The molecule has 0 atom stereocenters. The normalized spacial score (nSPS) is 10.5. The minimum Gasteiger partial charge on any atom is -0.282 e. The fourth-order valence-corrected chi connectivity index (χ4v) is 1.67. The largest absolute Gasteiger partial charge is 0.312 e. The summed E-state index contributed by atoms with van der Waals surface area (Å²) in [6, 6.07) is 2.73. The van der Waals surface area contributed by atoms with Gasteiger partial charge in [-0.05, 0) is 6.07 Å². The molecule has 0 N–H and O–H groups in total. The van der Waals surface area contributed by atoms with Gasteiger partial charge in [0.25, 0.3) is 0 Å². The molecule has 0 saturated carbocycles. The van der Waals surface area contributed by atoms with E-state index in [1.807, 2.05) is 6.92 Å². The molecule has 17 heavy (non-hydrogen) atoms. The molecule has 0 fully saturated rings. The molecule has 88 valence electrons. The molecular weight excluding hydrogens is 244 g/mol. The van der Waals surface area contributed by atoms with Crippen LogP contribution in [0.15, 0.2) is 24.5 Å². The number of nitrogens with zero attached hydrogens (tertiary/aromatic N) is 4. The second kappa shape index (κ2) is 4.50. The third kappa shape index (κ3) is 2.12. The van der Waals surface area contributed by atoms with Gasteiger partial charge in [-0.3, -0.25) is 14.7 Å². The van der Waals surface area contributed by atoms with Crippen molar-refractivity contribution in [2.45, 2.75) is 13.3 Å². The van der Waals surface area contributed by atoms with Gasteiger partial charge in [-0.2, -0.15) is 0 Å². The first kappa shape index (κ1) is 11.5. The Morgan fingerprint density at radius 3 is 2.94 bits per heavy atom. The van der Waals surface area contributed by atoms with Crippen molar-refractivity contribution in [2.75, 3.05) is 0 Å². The fourth-order valence-electron chi connectivity index (χ4n) is 1.53. The van der Waals surface area contributed by atoms with Gasteiger partial charge in [0.05, 0.1) is 4.92 Å². The summed E-state index contributed by atoms with van der Waals surface area (Å²) in [5.41, 5.74) is -0.0953. The maximum absolute atomic E-state index is 10.9. The zero-order valence-electron chi connectivity index (χ0n) is 9.00. The number of imidazole rings is 1. The first-order valence-electron chi connectivity index (χ1n) is 4.97. The summed E-state index contributed by atoms with van der Waals surface area (Å²) in [7, 11) is 0. The predicted octanol–water partition coefficient (Wildman–Crippen LogP) is 2.39. The SMILES string of the molecule is CCc1nccn1-c1nc(Cl)ccc1[N+](=O)[O-]. The predicted molar refractivity (Wildman–Crippen MR) is 62.4 cm³/mol. The van der Waals surface area contributed by atoms with Crippen LogP contribution >= 0.6 is 11.6 Å². The Morgan fingerprint density at radius 2 is 2.29 bits per heavy atom. The van der Waals surface area contributed by atoms with E-state index in [0.29, 0.717) is 12.2 Å². The summed E-state index contributed by atoms with van der Waals surface area (Å²) in [5.74, 6) is 0.889. The summed E-state index contributed by atoms with van der Waals surface area (Å²) < 4.78 is 1.57. The van der Waals surface area contributed by atoms with Gasteiger partial charge >= 0.3 is 5.69 Å². The third-order valence-electron chi connectivity index (χ3n) is 2.28. The zero-order valence-corrected chi connectivity index (χ0v) is 9.76. The van der Waals surface area contributed by atoms with Crippen molar-refractivity contribution in [2.24, 2.45) is 0 Å². The second-order valence-corrected chi connectivity index (χ2v) is 3.69. The Kier molecular flexibility index (Phi) is 3.06. The molecule has 2 rings (SSSR count). The topological polar surface area (TPSA) is 73.8 Å². The van der Waals surface area contributed by atoms with Crippen LogP contribution in [0.2, 0.25) is 5.15 Å². The minimum absolute atomic E-state index is 0.0953. The quantitative estimate of drug-likeness (QED) is 0.478. The van der Waals surface area contributed by atoms with Crippen molar-refractivity contribution >= 4 is 17.3 Å². The van der Waals surface area contributed by atoms with E-state index < -0.39 is 4.92 Å². The Morgan fingerprint density at radius 1 is 1.53 bits per heavy atom. The lowest BCUT2D eigenvalue weighted by molar-refractivity contribution is -0.384. The average Bonchev–Trinajstić information content (AvgIpc) is 2.76.